The molecule has 0 aromatic heterocycles. The highest BCUT2D eigenvalue weighted by Gasteiger charge is 2.41. The average Bonchev–Trinajstić information content (AvgIpc) is 2.71. The van der Waals surface area contributed by atoms with Crippen LogP contribution in [0, 0.1) is 11.3 Å². The predicted octanol–water partition coefficient (Wildman–Crippen LogP) is 3.60. The van der Waals surface area contributed by atoms with Gasteiger partial charge in [-0.15, -0.1) is 0 Å². The molecule has 2 heteroatoms. The molecule has 15 heavy (non-hydrogen) atoms. The summed E-state index contributed by atoms with van der Waals surface area (Å²) in [4.78, 5) is 11.5. The maximum absolute atomic E-state index is 11.5. The quantitative estimate of drug-likeness (QED) is 0.772. The SMILES string of the molecule is O=C(O)C1(CC2CCCC2)CCCCC1. The molecule has 0 aromatic rings. The first-order chi connectivity index (χ1) is 7.23. The molecule has 0 saturated heterocycles. The molecule has 0 spiro atoms. The molecule has 2 nitrogen and oxygen atoms in total. The molecule has 2 saturated carbocycles. The van der Waals surface area contributed by atoms with Gasteiger partial charge in [-0.2, -0.15) is 0 Å². The van der Waals surface area contributed by atoms with E-state index in [4.69, 9.17) is 0 Å². The van der Waals surface area contributed by atoms with Crippen molar-refractivity contribution in [3.8, 4) is 0 Å². The summed E-state index contributed by atoms with van der Waals surface area (Å²) in [5.41, 5.74) is -0.340. The Hall–Kier alpha value is -0.530. The normalized spacial score (nSPS) is 26.7. The Balaban J connectivity index is 2.00. The minimum Gasteiger partial charge on any atom is -0.481 e. The second-order valence-corrected chi connectivity index (χ2v) is 5.50. The van der Waals surface area contributed by atoms with Gasteiger partial charge in [0.05, 0.1) is 5.41 Å². The summed E-state index contributed by atoms with van der Waals surface area (Å²) < 4.78 is 0. The molecule has 0 radical (unpaired) electrons. The summed E-state index contributed by atoms with van der Waals surface area (Å²) in [6.07, 6.45) is 11.5. The highest BCUT2D eigenvalue weighted by Crippen LogP contribution is 2.45. The Labute approximate surface area is 92.1 Å². The minimum atomic E-state index is -0.519. The second kappa shape index (κ2) is 4.54. The van der Waals surface area contributed by atoms with Gasteiger partial charge in [-0.3, -0.25) is 4.79 Å². The number of rotatable bonds is 3. The van der Waals surface area contributed by atoms with Crippen LogP contribution in [0.5, 0.6) is 0 Å². The van der Waals surface area contributed by atoms with Gasteiger partial charge >= 0.3 is 5.97 Å². The molecule has 0 unspecified atom stereocenters. The number of hydrogen-bond donors (Lipinski definition) is 1. The zero-order chi connectivity index (χ0) is 10.7. The van der Waals surface area contributed by atoms with Crippen molar-refractivity contribution in [2.24, 2.45) is 11.3 Å². The van der Waals surface area contributed by atoms with E-state index in [0.717, 1.165) is 32.1 Å². The van der Waals surface area contributed by atoms with Gasteiger partial charge in [0.15, 0.2) is 0 Å². The van der Waals surface area contributed by atoms with Crippen molar-refractivity contribution < 1.29 is 9.90 Å². The van der Waals surface area contributed by atoms with E-state index < -0.39 is 5.97 Å². The van der Waals surface area contributed by atoms with Crippen molar-refractivity contribution in [3.05, 3.63) is 0 Å². The fourth-order valence-corrected chi connectivity index (χ4v) is 3.50. The van der Waals surface area contributed by atoms with Crippen LogP contribution in [0.15, 0.2) is 0 Å². The minimum absolute atomic E-state index is 0.340. The molecule has 2 aliphatic carbocycles. The summed E-state index contributed by atoms with van der Waals surface area (Å²) in [7, 11) is 0. The van der Waals surface area contributed by atoms with Gasteiger partial charge in [0.2, 0.25) is 0 Å². The van der Waals surface area contributed by atoms with Crippen molar-refractivity contribution in [2.45, 2.75) is 64.2 Å². The molecule has 2 rings (SSSR count). The van der Waals surface area contributed by atoms with Crippen LogP contribution < -0.4 is 0 Å². The number of hydrogen-bond acceptors (Lipinski definition) is 1. The Bertz CT molecular complexity index is 223. The van der Waals surface area contributed by atoms with Crippen molar-refractivity contribution in [3.63, 3.8) is 0 Å². The Morgan fingerprint density at radius 3 is 2.20 bits per heavy atom. The Morgan fingerprint density at radius 1 is 1.07 bits per heavy atom. The standard InChI is InChI=1S/C13H22O2/c14-12(15)13(8-4-1-5-9-13)10-11-6-2-3-7-11/h11H,1-10H2,(H,14,15). The van der Waals surface area contributed by atoms with E-state index in [0.29, 0.717) is 5.92 Å². The fraction of sp³-hybridized carbons (Fsp3) is 0.923. The molecule has 0 heterocycles. The van der Waals surface area contributed by atoms with Crippen LogP contribution in [-0.2, 0) is 4.79 Å². The largest absolute Gasteiger partial charge is 0.481 e. The third-order valence-electron chi connectivity index (χ3n) is 4.42. The van der Waals surface area contributed by atoms with E-state index >= 15 is 0 Å². The third-order valence-corrected chi connectivity index (χ3v) is 4.42. The van der Waals surface area contributed by atoms with Gasteiger partial charge in [-0.25, -0.2) is 0 Å². The van der Waals surface area contributed by atoms with Gasteiger partial charge in [0.25, 0.3) is 0 Å². The van der Waals surface area contributed by atoms with Crippen LogP contribution in [0.1, 0.15) is 64.2 Å². The van der Waals surface area contributed by atoms with Gasteiger partial charge in [0.1, 0.15) is 0 Å². The lowest BCUT2D eigenvalue weighted by atomic mass is 9.69. The second-order valence-electron chi connectivity index (χ2n) is 5.50. The van der Waals surface area contributed by atoms with Crippen LogP contribution >= 0.6 is 0 Å². The van der Waals surface area contributed by atoms with E-state index in [1.54, 1.807) is 0 Å². The summed E-state index contributed by atoms with van der Waals surface area (Å²) in [6, 6.07) is 0. The van der Waals surface area contributed by atoms with Crippen LogP contribution in [0.3, 0.4) is 0 Å². The van der Waals surface area contributed by atoms with Crippen LogP contribution in [0.25, 0.3) is 0 Å². The van der Waals surface area contributed by atoms with E-state index in [-0.39, 0.29) is 5.41 Å². The van der Waals surface area contributed by atoms with Crippen molar-refractivity contribution in [1.82, 2.24) is 0 Å². The first-order valence-corrected chi connectivity index (χ1v) is 6.46. The molecular weight excluding hydrogens is 188 g/mol. The number of aliphatic carboxylic acids is 1. The maximum Gasteiger partial charge on any atom is 0.309 e. The van der Waals surface area contributed by atoms with Gasteiger partial charge < -0.3 is 5.11 Å². The van der Waals surface area contributed by atoms with Gasteiger partial charge in [-0.05, 0) is 25.2 Å². The Morgan fingerprint density at radius 2 is 1.67 bits per heavy atom. The molecule has 0 bridgehead atoms. The highest BCUT2D eigenvalue weighted by molar-refractivity contribution is 5.74. The summed E-state index contributed by atoms with van der Waals surface area (Å²) in [5.74, 6) is 0.188. The third kappa shape index (κ3) is 2.35. The highest BCUT2D eigenvalue weighted by atomic mass is 16.4. The smallest absolute Gasteiger partial charge is 0.309 e. The molecule has 0 amide bonds. The van der Waals surface area contributed by atoms with Gasteiger partial charge in [0, 0.05) is 0 Å². The molecule has 2 fully saturated rings. The first-order valence-electron chi connectivity index (χ1n) is 6.46. The topological polar surface area (TPSA) is 37.3 Å². The van der Waals surface area contributed by atoms with E-state index in [9.17, 15) is 9.90 Å². The summed E-state index contributed by atoms with van der Waals surface area (Å²) in [5, 5.41) is 9.45. The number of carboxylic acid groups (broad SMARTS) is 1. The van der Waals surface area contributed by atoms with Crippen LogP contribution in [0.2, 0.25) is 0 Å². The lowest BCUT2D eigenvalue weighted by Crippen LogP contribution is -2.35. The van der Waals surface area contributed by atoms with E-state index in [2.05, 4.69) is 0 Å². The van der Waals surface area contributed by atoms with Crippen molar-refractivity contribution >= 4 is 5.97 Å². The summed E-state index contributed by atoms with van der Waals surface area (Å²) >= 11 is 0. The monoisotopic (exact) mass is 210 g/mol. The number of carboxylic acids is 1. The molecule has 0 aromatic carbocycles. The Kier molecular flexibility index (Phi) is 3.32. The molecule has 2 aliphatic rings. The number of carbonyl (C=O) groups is 1. The first kappa shape index (κ1) is 11.0. The zero-order valence-corrected chi connectivity index (χ0v) is 9.50. The van der Waals surface area contributed by atoms with Crippen LogP contribution in [0.4, 0.5) is 0 Å². The zero-order valence-electron chi connectivity index (χ0n) is 9.50. The fourth-order valence-electron chi connectivity index (χ4n) is 3.50. The van der Waals surface area contributed by atoms with Crippen molar-refractivity contribution in [2.75, 3.05) is 0 Å². The molecule has 1 N–H and O–H groups in total. The molecule has 0 atom stereocenters. The van der Waals surface area contributed by atoms with Gasteiger partial charge in [-0.1, -0.05) is 44.9 Å². The molecular formula is C13H22O2. The van der Waals surface area contributed by atoms with Crippen molar-refractivity contribution in [1.29, 1.82) is 0 Å². The van der Waals surface area contributed by atoms with Crippen LogP contribution in [-0.4, -0.2) is 11.1 Å². The lowest BCUT2D eigenvalue weighted by Gasteiger charge is -2.35. The van der Waals surface area contributed by atoms with E-state index in [1.165, 1.54) is 32.1 Å². The lowest BCUT2D eigenvalue weighted by molar-refractivity contribution is -0.152. The molecule has 0 aliphatic heterocycles. The average molecular weight is 210 g/mol. The molecule has 86 valence electrons. The maximum atomic E-state index is 11.5. The summed E-state index contributed by atoms with van der Waals surface area (Å²) in [6.45, 7) is 0. The van der Waals surface area contributed by atoms with E-state index in [1.807, 2.05) is 0 Å². The predicted molar refractivity (Wildman–Crippen MR) is 59.7 cm³/mol.